The standard InChI is InChI=1S/C13H15O6P/c1-17-20(16,18-2)13(15,10-6-4-3-5-7-10)11-8-9-12(14)19-11/h3-9,11,15H,1-2H3/t11?,13-/m1/s1. The lowest BCUT2D eigenvalue weighted by atomic mass is 10.0. The molecule has 0 radical (unpaired) electrons. The van der Waals surface area contributed by atoms with E-state index < -0.39 is 25.0 Å². The first kappa shape index (κ1) is 14.9. The average Bonchev–Trinajstić information content (AvgIpc) is 2.93. The molecule has 2 atom stereocenters. The van der Waals surface area contributed by atoms with Crippen LogP contribution in [0.1, 0.15) is 5.56 Å². The van der Waals surface area contributed by atoms with Crippen LogP contribution in [0.15, 0.2) is 42.5 Å². The van der Waals surface area contributed by atoms with Gasteiger partial charge < -0.3 is 18.9 Å². The zero-order valence-corrected chi connectivity index (χ0v) is 11.9. The SMILES string of the molecule is COP(=O)(OC)[C@](O)(c1ccccc1)C1C=CC(=O)O1. The van der Waals surface area contributed by atoms with Gasteiger partial charge in [-0.25, -0.2) is 4.79 Å². The van der Waals surface area contributed by atoms with Gasteiger partial charge in [-0.1, -0.05) is 30.3 Å². The largest absolute Gasteiger partial charge is 0.451 e. The highest BCUT2D eigenvalue weighted by atomic mass is 31.2. The van der Waals surface area contributed by atoms with E-state index in [1.807, 2.05) is 0 Å². The molecular weight excluding hydrogens is 283 g/mol. The van der Waals surface area contributed by atoms with Gasteiger partial charge in [-0.15, -0.1) is 0 Å². The molecule has 6 nitrogen and oxygen atoms in total. The van der Waals surface area contributed by atoms with E-state index in [0.29, 0.717) is 0 Å². The lowest BCUT2D eigenvalue weighted by molar-refractivity contribution is -0.145. The van der Waals surface area contributed by atoms with Crippen LogP contribution >= 0.6 is 7.60 Å². The van der Waals surface area contributed by atoms with Crippen molar-refractivity contribution in [1.82, 2.24) is 0 Å². The van der Waals surface area contributed by atoms with Crippen LogP contribution in [0.4, 0.5) is 0 Å². The maximum atomic E-state index is 12.7. The number of hydrogen-bond donors (Lipinski definition) is 1. The first-order valence-corrected chi connectivity index (χ1v) is 7.40. The Bertz CT molecular complexity index is 561. The van der Waals surface area contributed by atoms with Gasteiger partial charge >= 0.3 is 13.6 Å². The Labute approximate surface area is 116 Å². The molecule has 0 aromatic heterocycles. The minimum Gasteiger partial charge on any atom is -0.451 e. The molecule has 108 valence electrons. The van der Waals surface area contributed by atoms with Crippen molar-refractivity contribution in [2.45, 2.75) is 11.4 Å². The molecule has 7 heteroatoms. The van der Waals surface area contributed by atoms with Crippen molar-refractivity contribution < 1.29 is 28.3 Å². The second-order valence-electron chi connectivity index (χ2n) is 4.17. The number of carbonyl (C=O) groups is 1. The number of carbonyl (C=O) groups excluding carboxylic acids is 1. The van der Waals surface area contributed by atoms with Crippen LogP contribution in [0.2, 0.25) is 0 Å². The number of ether oxygens (including phenoxy) is 1. The highest BCUT2D eigenvalue weighted by Crippen LogP contribution is 2.65. The first-order chi connectivity index (χ1) is 9.48. The Morgan fingerprint density at radius 3 is 2.30 bits per heavy atom. The van der Waals surface area contributed by atoms with Crippen LogP contribution in [0, 0.1) is 0 Å². The molecule has 1 N–H and O–H groups in total. The predicted molar refractivity (Wildman–Crippen MR) is 71.0 cm³/mol. The first-order valence-electron chi connectivity index (χ1n) is 5.86. The van der Waals surface area contributed by atoms with Crippen molar-refractivity contribution in [2.24, 2.45) is 0 Å². The van der Waals surface area contributed by atoms with Crippen molar-refractivity contribution >= 4 is 13.6 Å². The second-order valence-corrected chi connectivity index (χ2v) is 6.58. The summed E-state index contributed by atoms with van der Waals surface area (Å²) in [6.45, 7) is 0. The van der Waals surface area contributed by atoms with E-state index in [4.69, 9.17) is 13.8 Å². The summed E-state index contributed by atoms with van der Waals surface area (Å²) in [6.07, 6.45) is 1.34. The third kappa shape index (κ3) is 2.21. The molecule has 0 fully saturated rings. The number of rotatable bonds is 5. The molecule has 0 saturated heterocycles. The summed E-state index contributed by atoms with van der Waals surface area (Å²) in [6, 6.07) is 8.19. The molecule has 0 amide bonds. The quantitative estimate of drug-likeness (QED) is 0.659. The highest BCUT2D eigenvalue weighted by molar-refractivity contribution is 7.55. The Hall–Kier alpha value is -1.46. The van der Waals surface area contributed by atoms with E-state index >= 15 is 0 Å². The second kappa shape index (κ2) is 5.50. The summed E-state index contributed by atoms with van der Waals surface area (Å²) in [5.74, 6) is -0.622. The van der Waals surface area contributed by atoms with Crippen LogP contribution < -0.4 is 0 Å². The fourth-order valence-corrected chi connectivity index (χ4v) is 3.72. The molecule has 1 aromatic rings. The van der Waals surface area contributed by atoms with E-state index in [1.54, 1.807) is 30.3 Å². The van der Waals surface area contributed by atoms with Crippen LogP contribution in [-0.4, -0.2) is 31.4 Å². The van der Waals surface area contributed by atoms with E-state index in [-0.39, 0.29) is 5.56 Å². The van der Waals surface area contributed by atoms with Gasteiger partial charge in [0.2, 0.25) is 5.34 Å². The summed E-state index contributed by atoms with van der Waals surface area (Å²) in [5, 5.41) is 8.87. The van der Waals surface area contributed by atoms with Gasteiger partial charge in [-0.3, -0.25) is 4.57 Å². The summed E-state index contributed by atoms with van der Waals surface area (Å²) >= 11 is 0. The van der Waals surface area contributed by atoms with Crippen molar-refractivity contribution in [1.29, 1.82) is 0 Å². The van der Waals surface area contributed by atoms with Gasteiger partial charge in [-0.05, 0) is 11.6 Å². The monoisotopic (exact) mass is 298 g/mol. The zero-order chi connectivity index (χ0) is 14.8. The number of benzene rings is 1. The number of esters is 1. The third-order valence-electron chi connectivity index (χ3n) is 3.14. The molecule has 0 spiro atoms. The van der Waals surface area contributed by atoms with Crippen molar-refractivity contribution in [2.75, 3.05) is 14.2 Å². The Kier molecular flexibility index (Phi) is 4.11. The molecule has 2 rings (SSSR count). The van der Waals surface area contributed by atoms with Crippen molar-refractivity contribution in [3.8, 4) is 0 Å². The lowest BCUT2D eigenvalue weighted by Crippen LogP contribution is -2.40. The molecule has 1 aromatic carbocycles. The number of cyclic esters (lactones) is 1. The molecule has 1 unspecified atom stereocenters. The minimum atomic E-state index is -3.97. The Morgan fingerprint density at radius 2 is 1.85 bits per heavy atom. The fraction of sp³-hybridized carbons (Fsp3) is 0.308. The van der Waals surface area contributed by atoms with E-state index in [0.717, 1.165) is 6.08 Å². The average molecular weight is 298 g/mol. The highest BCUT2D eigenvalue weighted by Gasteiger charge is 2.57. The maximum absolute atomic E-state index is 12.7. The summed E-state index contributed by atoms with van der Waals surface area (Å²) in [5.41, 5.74) is 0.274. The summed E-state index contributed by atoms with van der Waals surface area (Å²) in [7, 11) is -1.64. The molecule has 1 heterocycles. The lowest BCUT2D eigenvalue weighted by Gasteiger charge is -2.36. The molecule has 0 aliphatic carbocycles. The van der Waals surface area contributed by atoms with Gasteiger partial charge in [0.1, 0.15) is 0 Å². The van der Waals surface area contributed by atoms with Crippen LogP contribution in [0.5, 0.6) is 0 Å². The topological polar surface area (TPSA) is 82.1 Å². The van der Waals surface area contributed by atoms with Gasteiger partial charge in [0, 0.05) is 20.3 Å². The molecule has 0 saturated carbocycles. The van der Waals surface area contributed by atoms with Gasteiger partial charge in [0.05, 0.1) is 0 Å². The Morgan fingerprint density at radius 1 is 1.25 bits per heavy atom. The van der Waals surface area contributed by atoms with Crippen molar-refractivity contribution in [3.05, 3.63) is 48.0 Å². The van der Waals surface area contributed by atoms with Crippen molar-refractivity contribution in [3.63, 3.8) is 0 Å². The molecule has 1 aliphatic heterocycles. The van der Waals surface area contributed by atoms with Crippen LogP contribution in [-0.2, 0) is 28.5 Å². The summed E-state index contributed by atoms with van der Waals surface area (Å²) < 4.78 is 27.6. The van der Waals surface area contributed by atoms with E-state index in [1.165, 1.54) is 20.3 Å². The fourth-order valence-electron chi connectivity index (χ4n) is 2.10. The zero-order valence-electron chi connectivity index (χ0n) is 11.1. The molecule has 20 heavy (non-hydrogen) atoms. The number of hydrogen-bond acceptors (Lipinski definition) is 6. The van der Waals surface area contributed by atoms with Gasteiger partial charge in [-0.2, -0.15) is 0 Å². The predicted octanol–water partition coefficient (Wildman–Crippen LogP) is 1.80. The van der Waals surface area contributed by atoms with Gasteiger partial charge in [0.15, 0.2) is 6.10 Å². The molecule has 1 aliphatic rings. The molecular formula is C13H15O6P. The summed E-state index contributed by atoms with van der Waals surface area (Å²) in [4.78, 5) is 11.2. The third-order valence-corrected chi connectivity index (χ3v) is 5.45. The van der Waals surface area contributed by atoms with E-state index in [2.05, 4.69) is 0 Å². The maximum Gasteiger partial charge on any atom is 0.370 e. The van der Waals surface area contributed by atoms with E-state index in [9.17, 15) is 14.5 Å². The minimum absolute atomic E-state index is 0.274. The Balaban J connectivity index is 2.58. The van der Waals surface area contributed by atoms with Crippen LogP contribution in [0.25, 0.3) is 0 Å². The molecule has 0 bridgehead atoms. The van der Waals surface area contributed by atoms with Crippen LogP contribution in [0.3, 0.4) is 0 Å². The smallest absolute Gasteiger partial charge is 0.370 e. The van der Waals surface area contributed by atoms with Gasteiger partial charge in [0.25, 0.3) is 0 Å². The number of aliphatic hydroxyl groups is 1. The normalized spacial score (nSPS) is 21.6.